The Bertz CT molecular complexity index is 967. The first kappa shape index (κ1) is 18.5. The maximum atomic E-state index is 12.4. The van der Waals surface area contributed by atoms with E-state index in [1.54, 1.807) is 37.4 Å². The molecule has 27 heavy (non-hydrogen) atoms. The van der Waals surface area contributed by atoms with Crippen LogP contribution in [0.1, 0.15) is 15.9 Å². The van der Waals surface area contributed by atoms with Gasteiger partial charge in [-0.05, 0) is 53.7 Å². The van der Waals surface area contributed by atoms with Gasteiger partial charge < -0.3 is 14.9 Å². The number of rotatable bonds is 4. The zero-order valence-electron chi connectivity index (χ0n) is 14.5. The van der Waals surface area contributed by atoms with Crippen LogP contribution in [0.5, 0.6) is 11.5 Å². The summed E-state index contributed by atoms with van der Waals surface area (Å²) in [4.78, 5) is 29.6. The second-order valence-electron chi connectivity index (χ2n) is 5.63. The maximum Gasteiger partial charge on any atom is 0.335 e. The molecule has 138 valence electrons. The van der Waals surface area contributed by atoms with Crippen LogP contribution in [0.3, 0.4) is 0 Å². The fourth-order valence-corrected chi connectivity index (χ4v) is 3.36. The number of methoxy groups -OCH3 is 1. The Morgan fingerprint density at radius 2 is 1.96 bits per heavy atom. The van der Waals surface area contributed by atoms with Gasteiger partial charge in [0.05, 0.1) is 23.3 Å². The molecule has 2 aromatic carbocycles. The molecule has 2 aromatic rings. The Kier molecular flexibility index (Phi) is 5.18. The molecule has 0 aromatic heterocycles. The molecule has 1 aliphatic rings. The standard InChI is InChI=1S/C19H16N2O5S/c1-21-17(23)16(10-11-3-8-15(26-2)14(22)9-11)27-19(21)20-13-6-4-12(5-7-13)18(24)25/h3-10,22H,1-2H3,(H,24,25)/p-1/b16-10-,20-19?. The SMILES string of the molecule is COc1ccc(/C=C2\SC(=Nc3ccc(C(=O)O)cc3)N(C)C2=O)cc1[O-]. The average Bonchev–Trinajstić information content (AvgIpc) is 2.90. The van der Waals surface area contributed by atoms with Crippen LogP contribution in [-0.2, 0) is 4.79 Å². The predicted molar refractivity (Wildman–Crippen MR) is 101 cm³/mol. The molecule has 0 aliphatic carbocycles. The first-order valence-corrected chi connectivity index (χ1v) is 8.65. The normalized spacial score (nSPS) is 17.0. The molecule has 1 saturated heterocycles. The molecule has 1 heterocycles. The fraction of sp³-hybridized carbons (Fsp3) is 0.105. The number of aromatic carboxylic acids is 1. The van der Waals surface area contributed by atoms with Crippen LogP contribution in [0.25, 0.3) is 6.08 Å². The lowest BCUT2D eigenvalue weighted by atomic mass is 10.2. The molecule has 3 rings (SSSR count). The predicted octanol–water partition coefficient (Wildman–Crippen LogP) is 2.70. The lowest BCUT2D eigenvalue weighted by molar-refractivity contribution is -0.270. The van der Waals surface area contributed by atoms with Crippen molar-refractivity contribution in [1.29, 1.82) is 0 Å². The molecule has 1 amide bonds. The topological polar surface area (TPSA) is 102 Å². The van der Waals surface area contributed by atoms with Gasteiger partial charge in [0.15, 0.2) is 5.17 Å². The number of aliphatic imine (C=N–C) groups is 1. The third-order valence-electron chi connectivity index (χ3n) is 3.83. The van der Waals surface area contributed by atoms with Crippen LogP contribution in [0.15, 0.2) is 52.4 Å². The minimum atomic E-state index is -1.01. The van der Waals surface area contributed by atoms with E-state index in [0.717, 1.165) is 0 Å². The van der Waals surface area contributed by atoms with Gasteiger partial charge in [0, 0.05) is 7.05 Å². The van der Waals surface area contributed by atoms with Crippen LogP contribution < -0.4 is 9.84 Å². The Balaban J connectivity index is 1.85. The smallest absolute Gasteiger partial charge is 0.335 e. The van der Waals surface area contributed by atoms with Gasteiger partial charge in [-0.15, -0.1) is 0 Å². The highest BCUT2D eigenvalue weighted by Gasteiger charge is 2.30. The summed E-state index contributed by atoms with van der Waals surface area (Å²) in [6.45, 7) is 0. The number of carboxylic acids is 1. The summed E-state index contributed by atoms with van der Waals surface area (Å²) in [6.07, 6.45) is 1.63. The van der Waals surface area contributed by atoms with Gasteiger partial charge in [-0.2, -0.15) is 0 Å². The van der Waals surface area contributed by atoms with Crippen LogP contribution in [-0.4, -0.2) is 41.2 Å². The molecule has 1 N–H and O–H groups in total. The number of ether oxygens (including phenoxy) is 1. The van der Waals surface area contributed by atoms with Gasteiger partial charge in [-0.25, -0.2) is 9.79 Å². The van der Waals surface area contributed by atoms with E-state index in [2.05, 4.69) is 4.99 Å². The van der Waals surface area contributed by atoms with Crippen molar-refractivity contribution in [1.82, 2.24) is 4.90 Å². The minimum Gasteiger partial charge on any atom is -0.870 e. The molecule has 0 radical (unpaired) electrons. The van der Waals surface area contributed by atoms with Crippen molar-refractivity contribution in [3.63, 3.8) is 0 Å². The second-order valence-corrected chi connectivity index (χ2v) is 6.64. The van der Waals surface area contributed by atoms with Gasteiger partial charge in [-0.1, -0.05) is 17.9 Å². The summed E-state index contributed by atoms with van der Waals surface area (Å²) in [7, 11) is 3.03. The third kappa shape index (κ3) is 3.95. The van der Waals surface area contributed by atoms with Gasteiger partial charge in [0.25, 0.3) is 5.91 Å². The highest BCUT2D eigenvalue weighted by molar-refractivity contribution is 8.18. The number of thioether (sulfide) groups is 1. The lowest BCUT2D eigenvalue weighted by Crippen LogP contribution is -2.23. The van der Waals surface area contributed by atoms with Crippen molar-refractivity contribution in [2.45, 2.75) is 0 Å². The minimum absolute atomic E-state index is 0.163. The summed E-state index contributed by atoms with van der Waals surface area (Å²) in [5.74, 6) is -1.27. The zero-order valence-corrected chi connectivity index (χ0v) is 15.3. The first-order valence-electron chi connectivity index (χ1n) is 7.83. The molecule has 0 spiro atoms. The van der Waals surface area contributed by atoms with Crippen molar-refractivity contribution >= 4 is 40.6 Å². The highest BCUT2D eigenvalue weighted by atomic mass is 32.2. The number of likely N-dealkylation sites (N-methyl/N-ethyl adjacent to an activating group) is 1. The monoisotopic (exact) mass is 383 g/mol. The number of amidine groups is 1. The summed E-state index contributed by atoms with van der Waals surface area (Å²) in [5.41, 5.74) is 1.29. The van der Waals surface area contributed by atoms with Gasteiger partial charge in [0.1, 0.15) is 5.75 Å². The number of carbonyl (C=O) groups is 2. The summed E-state index contributed by atoms with van der Waals surface area (Å²) in [6, 6.07) is 10.7. The van der Waals surface area contributed by atoms with E-state index in [9.17, 15) is 14.7 Å². The molecular weight excluding hydrogens is 368 g/mol. The summed E-state index contributed by atoms with van der Waals surface area (Å²) >= 11 is 1.18. The van der Waals surface area contributed by atoms with E-state index in [1.807, 2.05) is 0 Å². The van der Waals surface area contributed by atoms with Crippen molar-refractivity contribution in [2.75, 3.05) is 14.2 Å². The van der Waals surface area contributed by atoms with Crippen LogP contribution >= 0.6 is 11.8 Å². The molecule has 0 atom stereocenters. The molecule has 1 aliphatic heterocycles. The Labute approximate surface area is 159 Å². The van der Waals surface area contributed by atoms with Crippen molar-refractivity contribution in [3.8, 4) is 11.5 Å². The second kappa shape index (κ2) is 7.55. The summed E-state index contributed by atoms with van der Waals surface area (Å²) in [5, 5.41) is 21.2. The third-order valence-corrected chi connectivity index (χ3v) is 4.89. The first-order chi connectivity index (χ1) is 12.9. The van der Waals surface area contributed by atoms with E-state index in [4.69, 9.17) is 9.84 Å². The molecule has 0 saturated carbocycles. The lowest BCUT2D eigenvalue weighted by Gasteiger charge is -2.12. The Morgan fingerprint density at radius 3 is 2.56 bits per heavy atom. The number of hydrogen-bond acceptors (Lipinski definition) is 6. The fourth-order valence-electron chi connectivity index (χ4n) is 2.38. The van der Waals surface area contributed by atoms with E-state index >= 15 is 0 Å². The van der Waals surface area contributed by atoms with Crippen molar-refractivity contribution in [3.05, 3.63) is 58.5 Å². The number of carboxylic acid groups (broad SMARTS) is 1. The largest absolute Gasteiger partial charge is 0.870 e. The number of carbonyl (C=O) groups excluding carboxylic acids is 1. The van der Waals surface area contributed by atoms with E-state index in [-0.39, 0.29) is 23.0 Å². The van der Waals surface area contributed by atoms with Crippen LogP contribution in [0.4, 0.5) is 5.69 Å². The van der Waals surface area contributed by atoms with E-state index < -0.39 is 5.97 Å². The van der Waals surface area contributed by atoms with E-state index in [0.29, 0.717) is 21.3 Å². The zero-order chi connectivity index (χ0) is 19.6. The molecular formula is C19H15N2O5S-. The summed E-state index contributed by atoms with van der Waals surface area (Å²) < 4.78 is 4.95. The number of amides is 1. The van der Waals surface area contributed by atoms with Crippen LogP contribution in [0.2, 0.25) is 0 Å². The highest BCUT2D eigenvalue weighted by Crippen LogP contribution is 2.34. The van der Waals surface area contributed by atoms with Gasteiger partial charge in [-0.3, -0.25) is 9.69 Å². The molecule has 0 unspecified atom stereocenters. The molecule has 0 bridgehead atoms. The van der Waals surface area contributed by atoms with Crippen molar-refractivity contribution < 1.29 is 24.5 Å². The van der Waals surface area contributed by atoms with E-state index in [1.165, 1.54) is 42.0 Å². The number of hydrogen-bond donors (Lipinski definition) is 1. The van der Waals surface area contributed by atoms with Gasteiger partial charge >= 0.3 is 5.97 Å². The molecule has 1 fully saturated rings. The Hall–Kier alpha value is -3.26. The van der Waals surface area contributed by atoms with Crippen molar-refractivity contribution in [2.24, 2.45) is 4.99 Å². The average molecular weight is 383 g/mol. The molecule has 8 heteroatoms. The number of nitrogens with zero attached hydrogens (tertiary/aromatic N) is 2. The molecule has 7 nitrogen and oxygen atoms in total. The van der Waals surface area contributed by atoms with Gasteiger partial charge in [0.2, 0.25) is 0 Å². The number of benzene rings is 2. The Morgan fingerprint density at radius 1 is 1.26 bits per heavy atom. The maximum absolute atomic E-state index is 12.4. The quantitative estimate of drug-likeness (QED) is 0.815. The van der Waals surface area contributed by atoms with Crippen LogP contribution in [0, 0.1) is 0 Å².